The Bertz CT molecular complexity index is 524. The maximum absolute atomic E-state index is 12.6. The monoisotopic (exact) mass is 274 g/mol. The number of nitrogens with zero attached hydrogens (tertiary/aromatic N) is 2. The molecule has 0 saturated heterocycles. The van der Waals surface area contributed by atoms with Gasteiger partial charge in [0, 0.05) is 6.54 Å². The molecule has 0 aliphatic heterocycles. The molecule has 0 saturated carbocycles. The molecular weight excluding hydrogens is 265 g/mol. The van der Waals surface area contributed by atoms with Gasteiger partial charge in [0.05, 0.1) is 17.4 Å². The van der Waals surface area contributed by atoms with Gasteiger partial charge >= 0.3 is 6.18 Å². The Morgan fingerprint density at radius 2 is 2.26 bits per heavy atom. The van der Waals surface area contributed by atoms with Crippen molar-refractivity contribution in [3.8, 4) is 6.07 Å². The zero-order valence-corrected chi connectivity index (χ0v) is 9.40. The van der Waals surface area contributed by atoms with Crippen molar-refractivity contribution in [3.63, 3.8) is 0 Å². The molecule has 0 radical (unpaired) electrons. The van der Waals surface area contributed by atoms with Crippen molar-refractivity contribution in [2.75, 3.05) is 11.9 Å². The Balaban J connectivity index is 3.07. The normalized spacial score (nSPS) is 12.6. The standard InChI is InChI=1S/C10H9F3N4O2/c11-10(12,13)6-1-5(4-16-7(6)2-14)17-9(19)8(18)3-15/h1,4,8,18H,3,15H2,(H,17,19). The molecule has 1 rings (SSSR count). The quantitative estimate of drug-likeness (QED) is 0.730. The number of rotatable bonds is 3. The van der Waals surface area contributed by atoms with Crippen LogP contribution < -0.4 is 11.1 Å². The number of alkyl halides is 3. The van der Waals surface area contributed by atoms with E-state index < -0.39 is 29.4 Å². The Kier molecular flexibility index (Phi) is 4.42. The first kappa shape index (κ1) is 14.9. The van der Waals surface area contributed by atoms with Gasteiger partial charge < -0.3 is 16.2 Å². The number of aliphatic hydroxyl groups is 1. The minimum Gasteiger partial charge on any atom is -0.382 e. The zero-order valence-electron chi connectivity index (χ0n) is 9.40. The topological polar surface area (TPSA) is 112 Å². The van der Waals surface area contributed by atoms with Crippen LogP contribution in [0.25, 0.3) is 0 Å². The van der Waals surface area contributed by atoms with E-state index in [9.17, 15) is 18.0 Å². The van der Waals surface area contributed by atoms with Gasteiger partial charge in [-0.3, -0.25) is 4.79 Å². The number of amides is 1. The minimum atomic E-state index is -4.77. The number of hydrogen-bond acceptors (Lipinski definition) is 5. The zero-order chi connectivity index (χ0) is 14.6. The maximum Gasteiger partial charge on any atom is 0.419 e. The van der Waals surface area contributed by atoms with E-state index >= 15 is 0 Å². The number of nitrogens with two attached hydrogens (primary N) is 1. The molecule has 0 aliphatic rings. The van der Waals surface area contributed by atoms with Crippen molar-refractivity contribution in [2.45, 2.75) is 12.3 Å². The Labute approximate surface area is 105 Å². The third-order valence-electron chi connectivity index (χ3n) is 2.09. The first-order chi connectivity index (χ1) is 8.79. The summed E-state index contributed by atoms with van der Waals surface area (Å²) >= 11 is 0. The van der Waals surface area contributed by atoms with Crippen molar-refractivity contribution < 1.29 is 23.1 Å². The van der Waals surface area contributed by atoms with E-state index in [1.54, 1.807) is 0 Å². The summed E-state index contributed by atoms with van der Waals surface area (Å²) in [7, 11) is 0. The van der Waals surface area contributed by atoms with Crippen LogP contribution in [0, 0.1) is 11.3 Å². The number of nitriles is 1. The lowest BCUT2D eigenvalue weighted by Gasteiger charge is -2.12. The molecule has 0 aliphatic carbocycles. The summed E-state index contributed by atoms with van der Waals surface area (Å²) in [6, 6.07) is 1.87. The SMILES string of the molecule is N#Cc1ncc(NC(=O)C(O)CN)cc1C(F)(F)F. The summed E-state index contributed by atoms with van der Waals surface area (Å²) in [6.45, 7) is -0.373. The van der Waals surface area contributed by atoms with E-state index in [1.165, 1.54) is 6.07 Å². The molecule has 19 heavy (non-hydrogen) atoms. The van der Waals surface area contributed by atoms with E-state index in [4.69, 9.17) is 16.1 Å². The molecule has 102 valence electrons. The van der Waals surface area contributed by atoms with Crippen LogP contribution >= 0.6 is 0 Å². The first-order valence-corrected chi connectivity index (χ1v) is 4.96. The number of anilines is 1. The van der Waals surface area contributed by atoms with Crippen LogP contribution in [0.15, 0.2) is 12.3 Å². The molecule has 1 unspecified atom stereocenters. The number of hydrogen-bond donors (Lipinski definition) is 3. The van der Waals surface area contributed by atoms with Crippen molar-refractivity contribution in [1.29, 1.82) is 5.26 Å². The second-order valence-electron chi connectivity index (χ2n) is 3.47. The highest BCUT2D eigenvalue weighted by atomic mass is 19.4. The van der Waals surface area contributed by atoms with Crippen LogP contribution in [0.5, 0.6) is 0 Å². The lowest BCUT2D eigenvalue weighted by Crippen LogP contribution is -2.34. The average molecular weight is 274 g/mol. The Morgan fingerprint density at radius 3 is 2.74 bits per heavy atom. The highest BCUT2D eigenvalue weighted by molar-refractivity contribution is 5.94. The fraction of sp³-hybridized carbons (Fsp3) is 0.300. The number of carbonyl (C=O) groups excluding carboxylic acids is 1. The van der Waals surface area contributed by atoms with Crippen molar-refractivity contribution in [3.05, 3.63) is 23.5 Å². The smallest absolute Gasteiger partial charge is 0.382 e. The maximum atomic E-state index is 12.6. The molecule has 0 bridgehead atoms. The number of aromatic nitrogens is 1. The van der Waals surface area contributed by atoms with Crippen molar-refractivity contribution in [1.82, 2.24) is 4.98 Å². The van der Waals surface area contributed by atoms with Gasteiger partial charge in [-0.2, -0.15) is 18.4 Å². The summed E-state index contributed by atoms with van der Waals surface area (Å²) in [6.07, 6.45) is -5.43. The molecule has 1 heterocycles. The Hall–Kier alpha value is -2.18. The van der Waals surface area contributed by atoms with Crippen LogP contribution in [0.2, 0.25) is 0 Å². The van der Waals surface area contributed by atoms with Gasteiger partial charge in [-0.25, -0.2) is 4.98 Å². The lowest BCUT2D eigenvalue weighted by atomic mass is 10.2. The number of aliphatic hydroxyl groups excluding tert-OH is 1. The third-order valence-corrected chi connectivity index (χ3v) is 2.09. The van der Waals surface area contributed by atoms with Crippen LogP contribution in [0.1, 0.15) is 11.3 Å². The summed E-state index contributed by atoms with van der Waals surface area (Å²) in [5.41, 5.74) is 2.66. The second-order valence-corrected chi connectivity index (χ2v) is 3.47. The van der Waals surface area contributed by atoms with Gasteiger partial charge in [-0.15, -0.1) is 0 Å². The van der Waals surface area contributed by atoms with Gasteiger partial charge in [0.25, 0.3) is 5.91 Å². The number of halogens is 3. The van der Waals surface area contributed by atoms with Gasteiger partial charge in [0.15, 0.2) is 5.69 Å². The predicted molar refractivity (Wildman–Crippen MR) is 57.6 cm³/mol. The fourth-order valence-electron chi connectivity index (χ4n) is 1.17. The van der Waals surface area contributed by atoms with Gasteiger partial charge in [0.2, 0.25) is 0 Å². The predicted octanol–water partition coefficient (Wildman–Crippen LogP) is 0.230. The second kappa shape index (κ2) is 5.64. The average Bonchev–Trinajstić information content (AvgIpc) is 2.36. The largest absolute Gasteiger partial charge is 0.419 e. The van der Waals surface area contributed by atoms with Gasteiger partial charge in [-0.05, 0) is 6.07 Å². The highest BCUT2D eigenvalue weighted by Gasteiger charge is 2.35. The molecule has 0 fully saturated rings. The minimum absolute atomic E-state index is 0.288. The first-order valence-electron chi connectivity index (χ1n) is 4.96. The van der Waals surface area contributed by atoms with E-state index in [0.29, 0.717) is 6.07 Å². The Morgan fingerprint density at radius 1 is 1.63 bits per heavy atom. The molecule has 0 aromatic carbocycles. The van der Waals surface area contributed by atoms with E-state index in [-0.39, 0.29) is 12.2 Å². The number of pyridine rings is 1. The lowest BCUT2D eigenvalue weighted by molar-refractivity contribution is -0.138. The van der Waals surface area contributed by atoms with E-state index in [2.05, 4.69) is 4.98 Å². The van der Waals surface area contributed by atoms with Crippen LogP contribution in [0.3, 0.4) is 0 Å². The van der Waals surface area contributed by atoms with E-state index in [0.717, 1.165) is 6.20 Å². The number of nitrogens with one attached hydrogen (secondary N) is 1. The molecule has 9 heteroatoms. The molecule has 0 spiro atoms. The molecule has 6 nitrogen and oxygen atoms in total. The summed E-state index contributed by atoms with van der Waals surface area (Å²) < 4.78 is 37.8. The van der Waals surface area contributed by atoms with E-state index in [1.807, 2.05) is 5.32 Å². The van der Waals surface area contributed by atoms with Crippen LogP contribution in [-0.2, 0) is 11.0 Å². The number of carbonyl (C=O) groups is 1. The van der Waals surface area contributed by atoms with Crippen molar-refractivity contribution in [2.24, 2.45) is 5.73 Å². The van der Waals surface area contributed by atoms with Crippen LogP contribution in [0.4, 0.5) is 18.9 Å². The third kappa shape index (κ3) is 3.64. The fourth-order valence-corrected chi connectivity index (χ4v) is 1.17. The summed E-state index contributed by atoms with van der Waals surface area (Å²) in [4.78, 5) is 14.5. The molecule has 1 aromatic heterocycles. The van der Waals surface area contributed by atoms with Gasteiger partial charge in [0.1, 0.15) is 12.2 Å². The molecule has 1 atom stereocenters. The molecule has 4 N–H and O–H groups in total. The molecule has 1 aromatic rings. The summed E-state index contributed by atoms with van der Waals surface area (Å²) in [5.74, 6) is -0.956. The summed E-state index contributed by atoms with van der Waals surface area (Å²) in [5, 5.41) is 19.6. The van der Waals surface area contributed by atoms with Gasteiger partial charge in [-0.1, -0.05) is 0 Å². The molecular formula is C10H9F3N4O2. The molecule has 1 amide bonds. The van der Waals surface area contributed by atoms with Crippen molar-refractivity contribution >= 4 is 11.6 Å². The van der Waals surface area contributed by atoms with Crippen LogP contribution in [-0.4, -0.2) is 28.6 Å². The highest BCUT2D eigenvalue weighted by Crippen LogP contribution is 2.32.